The molecule has 1 aromatic carbocycles. The van der Waals surface area contributed by atoms with Crippen LogP contribution in [-0.4, -0.2) is 67.4 Å². The third-order valence-electron chi connectivity index (χ3n) is 4.71. The first-order valence-corrected chi connectivity index (χ1v) is 9.09. The van der Waals surface area contributed by atoms with Gasteiger partial charge in [0.15, 0.2) is 5.82 Å². The molecule has 0 bridgehead atoms. The topological polar surface area (TPSA) is 83.7 Å². The van der Waals surface area contributed by atoms with Crippen LogP contribution >= 0.6 is 0 Å². The Kier molecular flexibility index (Phi) is 4.96. The Morgan fingerprint density at radius 3 is 2.64 bits per heavy atom. The third-order valence-corrected chi connectivity index (χ3v) is 4.71. The van der Waals surface area contributed by atoms with E-state index >= 15 is 0 Å². The van der Waals surface area contributed by atoms with E-state index in [1.54, 1.807) is 40.4 Å². The summed E-state index contributed by atoms with van der Waals surface area (Å²) in [5.74, 6) is -0.122. The summed E-state index contributed by atoms with van der Waals surface area (Å²) < 4.78 is 15.4. The number of aromatic nitrogens is 4. The molecule has 1 aliphatic rings. The van der Waals surface area contributed by atoms with Crippen molar-refractivity contribution < 1.29 is 14.0 Å². The van der Waals surface area contributed by atoms with E-state index in [9.17, 15) is 14.0 Å². The van der Waals surface area contributed by atoms with E-state index in [1.165, 1.54) is 16.6 Å². The predicted octanol–water partition coefficient (Wildman–Crippen LogP) is 1.18. The van der Waals surface area contributed by atoms with Crippen LogP contribution in [0.1, 0.15) is 22.6 Å². The first-order valence-electron chi connectivity index (χ1n) is 9.09. The maximum Gasteiger partial charge on any atom is 0.256 e. The summed E-state index contributed by atoms with van der Waals surface area (Å²) in [4.78, 5) is 36.9. The SMILES string of the molecule is O=C(Cc1nc2ncccn2n1)N1CCCN(C(=O)c2ccccc2F)CC1. The largest absolute Gasteiger partial charge is 0.340 e. The molecule has 9 heteroatoms. The Labute approximate surface area is 160 Å². The highest BCUT2D eigenvalue weighted by Gasteiger charge is 2.25. The number of hydrogen-bond acceptors (Lipinski definition) is 5. The van der Waals surface area contributed by atoms with Crippen LogP contribution in [0.25, 0.3) is 5.78 Å². The molecule has 2 aromatic heterocycles. The normalized spacial score (nSPS) is 14.9. The number of rotatable bonds is 3. The number of carbonyl (C=O) groups is 2. The van der Waals surface area contributed by atoms with Gasteiger partial charge in [0.25, 0.3) is 11.7 Å². The van der Waals surface area contributed by atoms with Crippen molar-refractivity contribution in [1.82, 2.24) is 29.4 Å². The van der Waals surface area contributed by atoms with E-state index < -0.39 is 5.82 Å². The first kappa shape index (κ1) is 18.0. The number of amides is 2. The van der Waals surface area contributed by atoms with E-state index in [-0.39, 0.29) is 23.8 Å². The van der Waals surface area contributed by atoms with Gasteiger partial charge in [0.2, 0.25) is 5.91 Å². The molecule has 4 rings (SSSR count). The van der Waals surface area contributed by atoms with Crippen LogP contribution in [0.15, 0.2) is 42.7 Å². The maximum atomic E-state index is 13.9. The Hall–Kier alpha value is -3.36. The lowest BCUT2D eigenvalue weighted by atomic mass is 10.2. The zero-order valence-corrected chi connectivity index (χ0v) is 15.2. The molecule has 1 aliphatic heterocycles. The predicted molar refractivity (Wildman–Crippen MR) is 98.0 cm³/mol. The second kappa shape index (κ2) is 7.71. The Morgan fingerprint density at radius 1 is 1.04 bits per heavy atom. The molecule has 0 saturated carbocycles. The molecule has 0 N–H and O–H groups in total. The molecule has 0 atom stereocenters. The van der Waals surface area contributed by atoms with E-state index in [2.05, 4.69) is 15.1 Å². The van der Waals surface area contributed by atoms with Crippen molar-refractivity contribution >= 4 is 17.6 Å². The lowest BCUT2D eigenvalue weighted by molar-refractivity contribution is -0.130. The van der Waals surface area contributed by atoms with Gasteiger partial charge in [-0.25, -0.2) is 13.9 Å². The fourth-order valence-electron chi connectivity index (χ4n) is 3.27. The minimum Gasteiger partial charge on any atom is -0.340 e. The lowest BCUT2D eigenvalue weighted by Gasteiger charge is -2.22. The molecule has 3 heterocycles. The fourth-order valence-corrected chi connectivity index (χ4v) is 3.27. The molecule has 0 spiro atoms. The van der Waals surface area contributed by atoms with Crippen molar-refractivity contribution in [2.45, 2.75) is 12.8 Å². The molecule has 28 heavy (non-hydrogen) atoms. The van der Waals surface area contributed by atoms with Crippen molar-refractivity contribution in [3.63, 3.8) is 0 Å². The molecule has 0 radical (unpaired) electrons. The van der Waals surface area contributed by atoms with Gasteiger partial charge in [0.1, 0.15) is 5.82 Å². The summed E-state index contributed by atoms with van der Waals surface area (Å²) in [5, 5.41) is 4.25. The van der Waals surface area contributed by atoms with Gasteiger partial charge in [-0.3, -0.25) is 9.59 Å². The molecule has 2 amide bonds. The number of fused-ring (bicyclic) bond motifs is 1. The smallest absolute Gasteiger partial charge is 0.256 e. The zero-order chi connectivity index (χ0) is 19.5. The van der Waals surface area contributed by atoms with Gasteiger partial charge in [-0.1, -0.05) is 12.1 Å². The summed E-state index contributed by atoms with van der Waals surface area (Å²) in [5.41, 5.74) is 0.0590. The lowest BCUT2D eigenvalue weighted by Crippen LogP contribution is -2.38. The maximum absolute atomic E-state index is 13.9. The van der Waals surface area contributed by atoms with Crippen LogP contribution in [0.3, 0.4) is 0 Å². The standard InChI is InChI=1S/C19H19FN6O2/c20-15-6-2-1-5-14(15)18(28)25-9-4-8-24(11-12-25)17(27)13-16-22-19-21-7-3-10-26(19)23-16/h1-3,5-7,10H,4,8-9,11-13H2. The van der Waals surface area contributed by atoms with Crippen LogP contribution in [0, 0.1) is 5.82 Å². The van der Waals surface area contributed by atoms with Gasteiger partial charge >= 0.3 is 0 Å². The molecule has 1 fully saturated rings. The van der Waals surface area contributed by atoms with E-state index in [0.29, 0.717) is 44.2 Å². The minimum atomic E-state index is -0.531. The van der Waals surface area contributed by atoms with Crippen LogP contribution in [0.4, 0.5) is 4.39 Å². The zero-order valence-electron chi connectivity index (χ0n) is 15.2. The number of halogens is 1. The average molecular weight is 382 g/mol. The fraction of sp³-hybridized carbons (Fsp3) is 0.316. The van der Waals surface area contributed by atoms with Crippen LogP contribution < -0.4 is 0 Å². The van der Waals surface area contributed by atoms with Crippen molar-refractivity contribution in [3.8, 4) is 0 Å². The Balaban J connectivity index is 1.40. The molecular formula is C19H19FN6O2. The van der Waals surface area contributed by atoms with E-state index in [0.717, 1.165) is 0 Å². The highest BCUT2D eigenvalue weighted by atomic mass is 19.1. The second-order valence-electron chi connectivity index (χ2n) is 6.58. The summed E-state index contributed by atoms with van der Waals surface area (Å²) in [6.45, 7) is 1.77. The van der Waals surface area contributed by atoms with Crippen LogP contribution in [-0.2, 0) is 11.2 Å². The van der Waals surface area contributed by atoms with Gasteiger partial charge in [0, 0.05) is 38.6 Å². The molecule has 144 valence electrons. The third kappa shape index (κ3) is 3.68. The van der Waals surface area contributed by atoms with E-state index in [4.69, 9.17) is 0 Å². The van der Waals surface area contributed by atoms with Gasteiger partial charge in [-0.2, -0.15) is 4.98 Å². The van der Waals surface area contributed by atoms with E-state index in [1.807, 2.05) is 0 Å². The van der Waals surface area contributed by atoms with Crippen molar-refractivity contribution in [3.05, 3.63) is 59.9 Å². The van der Waals surface area contributed by atoms with Crippen LogP contribution in [0.2, 0.25) is 0 Å². The van der Waals surface area contributed by atoms with Gasteiger partial charge in [-0.15, -0.1) is 5.10 Å². The number of benzene rings is 1. The summed E-state index contributed by atoms with van der Waals surface area (Å²) in [6, 6.07) is 7.69. The average Bonchev–Trinajstić information content (AvgIpc) is 2.94. The summed E-state index contributed by atoms with van der Waals surface area (Å²) >= 11 is 0. The quantitative estimate of drug-likeness (QED) is 0.679. The molecule has 1 saturated heterocycles. The summed E-state index contributed by atoms with van der Waals surface area (Å²) in [6.07, 6.45) is 4.05. The van der Waals surface area contributed by atoms with Gasteiger partial charge in [-0.05, 0) is 24.6 Å². The minimum absolute atomic E-state index is 0.0590. The van der Waals surface area contributed by atoms with Gasteiger partial charge in [0.05, 0.1) is 12.0 Å². The highest BCUT2D eigenvalue weighted by Crippen LogP contribution is 2.13. The van der Waals surface area contributed by atoms with Crippen LogP contribution in [0.5, 0.6) is 0 Å². The molecule has 8 nitrogen and oxygen atoms in total. The Bertz CT molecular complexity index is 987. The monoisotopic (exact) mass is 382 g/mol. The molecular weight excluding hydrogens is 363 g/mol. The number of hydrogen-bond donors (Lipinski definition) is 0. The van der Waals surface area contributed by atoms with Crippen molar-refractivity contribution in [1.29, 1.82) is 0 Å². The molecule has 0 aliphatic carbocycles. The summed E-state index contributed by atoms with van der Waals surface area (Å²) in [7, 11) is 0. The van der Waals surface area contributed by atoms with Crippen molar-refractivity contribution in [2.24, 2.45) is 0 Å². The van der Waals surface area contributed by atoms with Crippen molar-refractivity contribution in [2.75, 3.05) is 26.2 Å². The molecule has 0 unspecified atom stereocenters. The molecule has 3 aromatic rings. The number of carbonyl (C=O) groups excluding carboxylic acids is 2. The number of nitrogens with zero attached hydrogens (tertiary/aromatic N) is 6. The first-order chi connectivity index (χ1) is 13.6. The van der Waals surface area contributed by atoms with Gasteiger partial charge < -0.3 is 9.80 Å². The Morgan fingerprint density at radius 2 is 1.82 bits per heavy atom. The second-order valence-corrected chi connectivity index (χ2v) is 6.58. The highest BCUT2D eigenvalue weighted by molar-refractivity contribution is 5.94.